The van der Waals surface area contributed by atoms with Crippen LogP contribution in [0.2, 0.25) is 0 Å². The number of aromatic nitrogens is 2. The molecule has 1 aliphatic rings. The highest BCUT2D eigenvalue weighted by Gasteiger charge is 2.27. The van der Waals surface area contributed by atoms with Crippen LogP contribution in [-0.2, 0) is 0 Å². The SMILES string of the molecule is CC1CCC(C(NN)c2cccc3nccnc23)CC1. The monoisotopic (exact) mass is 270 g/mol. The Bertz CT molecular complexity index is 570. The lowest BCUT2D eigenvalue weighted by molar-refractivity contribution is 0.233. The Kier molecular flexibility index (Phi) is 3.94. The van der Waals surface area contributed by atoms with Crippen LogP contribution in [0.4, 0.5) is 0 Å². The molecule has 3 N–H and O–H groups in total. The average Bonchev–Trinajstić information content (AvgIpc) is 2.50. The van der Waals surface area contributed by atoms with Crippen molar-refractivity contribution >= 4 is 11.0 Å². The molecule has 0 radical (unpaired) electrons. The van der Waals surface area contributed by atoms with Crippen molar-refractivity contribution in [2.45, 2.75) is 38.6 Å². The second-order valence-corrected chi connectivity index (χ2v) is 5.94. The lowest BCUT2D eigenvalue weighted by Crippen LogP contribution is -2.35. The maximum Gasteiger partial charge on any atom is 0.0935 e. The van der Waals surface area contributed by atoms with Gasteiger partial charge in [0.2, 0.25) is 0 Å². The molecule has 1 fully saturated rings. The fraction of sp³-hybridized carbons (Fsp3) is 0.500. The Morgan fingerprint density at radius 2 is 1.90 bits per heavy atom. The molecule has 1 atom stereocenters. The first-order valence-electron chi connectivity index (χ1n) is 7.45. The third-order valence-electron chi connectivity index (χ3n) is 4.58. The zero-order valence-corrected chi connectivity index (χ0v) is 11.9. The molecule has 0 aliphatic heterocycles. The van der Waals surface area contributed by atoms with Crippen LogP contribution in [0.3, 0.4) is 0 Å². The number of fused-ring (bicyclic) bond motifs is 1. The van der Waals surface area contributed by atoms with E-state index in [0.29, 0.717) is 5.92 Å². The molecular formula is C16H22N4. The summed E-state index contributed by atoms with van der Waals surface area (Å²) < 4.78 is 0. The largest absolute Gasteiger partial charge is 0.271 e. The molecule has 0 spiro atoms. The fourth-order valence-corrected chi connectivity index (χ4v) is 3.36. The van der Waals surface area contributed by atoms with E-state index in [1.54, 1.807) is 12.4 Å². The number of hydrazine groups is 1. The van der Waals surface area contributed by atoms with Gasteiger partial charge in [0.1, 0.15) is 0 Å². The van der Waals surface area contributed by atoms with E-state index in [1.165, 1.54) is 31.2 Å². The molecule has 1 aliphatic carbocycles. The number of nitrogens with zero attached hydrogens (tertiary/aromatic N) is 2. The molecule has 1 unspecified atom stereocenters. The normalized spacial score (nSPS) is 24.7. The van der Waals surface area contributed by atoms with Crippen molar-refractivity contribution in [1.29, 1.82) is 0 Å². The third-order valence-corrected chi connectivity index (χ3v) is 4.58. The van der Waals surface area contributed by atoms with Crippen molar-refractivity contribution in [3.63, 3.8) is 0 Å². The molecule has 1 aromatic carbocycles. The summed E-state index contributed by atoms with van der Waals surface area (Å²) in [6.45, 7) is 2.34. The zero-order valence-electron chi connectivity index (χ0n) is 11.9. The van der Waals surface area contributed by atoms with Crippen LogP contribution in [-0.4, -0.2) is 9.97 Å². The molecule has 106 valence electrons. The Hall–Kier alpha value is -1.52. The molecule has 0 saturated heterocycles. The lowest BCUT2D eigenvalue weighted by Gasteiger charge is -2.32. The smallest absolute Gasteiger partial charge is 0.0935 e. The summed E-state index contributed by atoms with van der Waals surface area (Å²) in [6, 6.07) is 6.34. The van der Waals surface area contributed by atoms with E-state index >= 15 is 0 Å². The van der Waals surface area contributed by atoms with Gasteiger partial charge >= 0.3 is 0 Å². The van der Waals surface area contributed by atoms with Gasteiger partial charge in [0.25, 0.3) is 0 Å². The molecule has 0 bridgehead atoms. The van der Waals surface area contributed by atoms with Gasteiger partial charge < -0.3 is 0 Å². The first-order valence-corrected chi connectivity index (χ1v) is 7.45. The Morgan fingerprint density at radius 1 is 1.15 bits per heavy atom. The Morgan fingerprint density at radius 3 is 2.65 bits per heavy atom. The van der Waals surface area contributed by atoms with Gasteiger partial charge in [-0.2, -0.15) is 0 Å². The van der Waals surface area contributed by atoms with Crippen LogP contribution in [0.5, 0.6) is 0 Å². The maximum atomic E-state index is 5.86. The zero-order chi connectivity index (χ0) is 13.9. The highest BCUT2D eigenvalue weighted by Crippen LogP contribution is 2.37. The highest BCUT2D eigenvalue weighted by atomic mass is 15.2. The van der Waals surface area contributed by atoms with Gasteiger partial charge in [-0.3, -0.25) is 21.2 Å². The van der Waals surface area contributed by atoms with Crippen LogP contribution in [0.25, 0.3) is 11.0 Å². The minimum absolute atomic E-state index is 0.169. The molecule has 0 amide bonds. The summed E-state index contributed by atoms with van der Waals surface area (Å²) in [5, 5.41) is 0. The van der Waals surface area contributed by atoms with E-state index < -0.39 is 0 Å². The van der Waals surface area contributed by atoms with E-state index in [1.807, 2.05) is 12.1 Å². The van der Waals surface area contributed by atoms with Gasteiger partial charge in [-0.05, 0) is 36.3 Å². The van der Waals surface area contributed by atoms with Crippen molar-refractivity contribution in [1.82, 2.24) is 15.4 Å². The molecule has 4 heteroatoms. The van der Waals surface area contributed by atoms with Gasteiger partial charge in [0.15, 0.2) is 0 Å². The van der Waals surface area contributed by atoms with Gasteiger partial charge in [-0.1, -0.05) is 31.9 Å². The number of rotatable bonds is 3. The van der Waals surface area contributed by atoms with E-state index in [4.69, 9.17) is 5.84 Å². The first-order chi connectivity index (χ1) is 9.79. The number of hydrogen-bond acceptors (Lipinski definition) is 4. The topological polar surface area (TPSA) is 63.8 Å². The lowest BCUT2D eigenvalue weighted by atomic mass is 9.77. The molecule has 4 nitrogen and oxygen atoms in total. The van der Waals surface area contributed by atoms with Gasteiger partial charge in [0, 0.05) is 12.4 Å². The summed E-state index contributed by atoms with van der Waals surface area (Å²) in [5.41, 5.74) is 6.11. The summed E-state index contributed by atoms with van der Waals surface area (Å²) in [7, 11) is 0. The van der Waals surface area contributed by atoms with Crippen molar-refractivity contribution in [3.05, 3.63) is 36.2 Å². The molecule has 1 saturated carbocycles. The van der Waals surface area contributed by atoms with E-state index in [2.05, 4.69) is 28.4 Å². The maximum absolute atomic E-state index is 5.86. The number of para-hydroxylation sites is 1. The minimum atomic E-state index is 0.169. The van der Waals surface area contributed by atoms with Crippen molar-refractivity contribution in [2.24, 2.45) is 17.7 Å². The summed E-state index contributed by atoms with van der Waals surface area (Å²) in [5.74, 6) is 7.29. The van der Waals surface area contributed by atoms with Crippen LogP contribution in [0.15, 0.2) is 30.6 Å². The average molecular weight is 270 g/mol. The molecule has 20 heavy (non-hydrogen) atoms. The van der Waals surface area contributed by atoms with Crippen LogP contribution < -0.4 is 11.3 Å². The fourth-order valence-electron chi connectivity index (χ4n) is 3.36. The quantitative estimate of drug-likeness (QED) is 0.665. The Labute approximate surface area is 119 Å². The molecule has 3 rings (SSSR count). The summed E-state index contributed by atoms with van der Waals surface area (Å²) >= 11 is 0. The van der Waals surface area contributed by atoms with Crippen molar-refractivity contribution in [3.8, 4) is 0 Å². The highest BCUT2D eigenvalue weighted by molar-refractivity contribution is 5.78. The number of nitrogens with one attached hydrogen (secondary N) is 1. The van der Waals surface area contributed by atoms with Gasteiger partial charge in [-0.25, -0.2) is 0 Å². The molecular weight excluding hydrogens is 248 g/mol. The molecule has 2 aromatic rings. The second kappa shape index (κ2) is 5.85. The van der Waals surface area contributed by atoms with Crippen LogP contribution in [0, 0.1) is 11.8 Å². The predicted octanol–water partition coefficient (Wildman–Crippen LogP) is 2.96. The second-order valence-electron chi connectivity index (χ2n) is 5.94. The number of benzene rings is 1. The van der Waals surface area contributed by atoms with Crippen molar-refractivity contribution in [2.75, 3.05) is 0 Å². The predicted molar refractivity (Wildman–Crippen MR) is 80.7 cm³/mol. The van der Waals surface area contributed by atoms with E-state index in [9.17, 15) is 0 Å². The minimum Gasteiger partial charge on any atom is -0.271 e. The van der Waals surface area contributed by atoms with E-state index in [0.717, 1.165) is 17.0 Å². The standard InChI is InChI=1S/C16H22N4/c1-11-5-7-12(8-6-11)15(20-17)13-3-2-4-14-16(13)19-10-9-18-14/h2-4,9-12,15,20H,5-8,17H2,1H3. The summed E-state index contributed by atoms with van der Waals surface area (Å²) in [6.07, 6.45) is 8.53. The van der Waals surface area contributed by atoms with Crippen LogP contribution in [0.1, 0.15) is 44.2 Å². The number of nitrogens with two attached hydrogens (primary N) is 1. The van der Waals surface area contributed by atoms with Crippen molar-refractivity contribution < 1.29 is 0 Å². The van der Waals surface area contributed by atoms with E-state index in [-0.39, 0.29) is 6.04 Å². The van der Waals surface area contributed by atoms with Crippen LogP contribution >= 0.6 is 0 Å². The summed E-state index contributed by atoms with van der Waals surface area (Å²) in [4.78, 5) is 8.89. The first kappa shape index (κ1) is 13.5. The van der Waals surface area contributed by atoms with Gasteiger partial charge in [-0.15, -0.1) is 0 Å². The molecule has 1 aromatic heterocycles. The molecule has 1 heterocycles. The third kappa shape index (κ3) is 2.53. The Balaban J connectivity index is 1.95. The van der Waals surface area contributed by atoms with Gasteiger partial charge in [0.05, 0.1) is 17.1 Å². The number of hydrogen-bond donors (Lipinski definition) is 2.